The highest BCUT2D eigenvalue weighted by molar-refractivity contribution is 5.85. The lowest BCUT2D eigenvalue weighted by Gasteiger charge is -2.31. The molecule has 0 radical (unpaired) electrons. The van der Waals surface area contributed by atoms with Crippen molar-refractivity contribution in [2.75, 3.05) is 19.8 Å². The van der Waals surface area contributed by atoms with Gasteiger partial charge in [-0.2, -0.15) is 0 Å². The first-order chi connectivity index (χ1) is 8.01. The van der Waals surface area contributed by atoms with E-state index in [4.69, 9.17) is 19.3 Å². The van der Waals surface area contributed by atoms with Gasteiger partial charge in [0.15, 0.2) is 0 Å². The maximum atomic E-state index is 10.7. The normalized spacial score (nSPS) is 12.8. The van der Waals surface area contributed by atoms with E-state index < -0.39 is 11.9 Å². The van der Waals surface area contributed by atoms with Crippen LogP contribution in [0, 0.1) is 0 Å². The molecule has 0 saturated carbocycles. The SMILES string of the molecule is CCOC(CC=C(C)C(=O)O)(OCC)OCC. The zero-order chi connectivity index (χ0) is 13.3. The molecule has 0 aromatic carbocycles. The van der Waals surface area contributed by atoms with Crippen LogP contribution in [0.1, 0.15) is 34.1 Å². The van der Waals surface area contributed by atoms with E-state index in [0.717, 1.165) is 0 Å². The third-order valence-electron chi connectivity index (χ3n) is 2.09. The molecular weight excluding hydrogens is 224 g/mol. The lowest BCUT2D eigenvalue weighted by molar-refractivity contribution is -0.374. The smallest absolute Gasteiger partial charge is 0.330 e. The summed E-state index contributed by atoms with van der Waals surface area (Å²) < 4.78 is 16.4. The minimum absolute atomic E-state index is 0.244. The molecule has 100 valence electrons. The molecule has 0 atom stereocenters. The van der Waals surface area contributed by atoms with Gasteiger partial charge in [-0.1, -0.05) is 6.08 Å². The van der Waals surface area contributed by atoms with Crippen LogP contribution >= 0.6 is 0 Å². The van der Waals surface area contributed by atoms with Crippen molar-refractivity contribution < 1.29 is 24.1 Å². The van der Waals surface area contributed by atoms with Crippen molar-refractivity contribution in [3.8, 4) is 0 Å². The number of rotatable bonds is 9. The first-order valence-corrected chi connectivity index (χ1v) is 5.83. The quantitative estimate of drug-likeness (QED) is 0.499. The van der Waals surface area contributed by atoms with Crippen LogP contribution in [0.5, 0.6) is 0 Å². The van der Waals surface area contributed by atoms with Gasteiger partial charge in [-0.25, -0.2) is 4.79 Å². The van der Waals surface area contributed by atoms with E-state index in [-0.39, 0.29) is 12.0 Å². The number of carboxylic acids is 1. The summed E-state index contributed by atoms with van der Waals surface area (Å²) in [6, 6.07) is 0. The molecule has 0 aliphatic heterocycles. The molecule has 5 nitrogen and oxygen atoms in total. The van der Waals surface area contributed by atoms with Gasteiger partial charge in [0.05, 0.1) is 0 Å². The van der Waals surface area contributed by atoms with Gasteiger partial charge in [0, 0.05) is 31.8 Å². The van der Waals surface area contributed by atoms with E-state index in [2.05, 4.69) is 0 Å². The van der Waals surface area contributed by atoms with Crippen molar-refractivity contribution in [2.45, 2.75) is 40.1 Å². The van der Waals surface area contributed by atoms with E-state index >= 15 is 0 Å². The van der Waals surface area contributed by atoms with Gasteiger partial charge in [-0.3, -0.25) is 0 Å². The van der Waals surface area contributed by atoms with Crippen molar-refractivity contribution in [3.05, 3.63) is 11.6 Å². The number of hydrogen-bond donors (Lipinski definition) is 1. The predicted molar refractivity (Wildman–Crippen MR) is 63.6 cm³/mol. The van der Waals surface area contributed by atoms with Crippen molar-refractivity contribution in [1.29, 1.82) is 0 Å². The van der Waals surface area contributed by atoms with Gasteiger partial charge in [0.25, 0.3) is 5.97 Å². The van der Waals surface area contributed by atoms with Crippen LogP contribution in [0.2, 0.25) is 0 Å². The largest absolute Gasteiger partial charge is 0.478 e. The van der Waals surface area contributed by atoms with E-state index in [1.54, 1.807) is 6.08 Å². The fourth-order valence-electron chi connectivity index (χ4n) is 1.33. The summed E-state index contributed by atoms with van der Waals surface area (Å²) in [4.78, 5) is 10.7. The Morgan fingerprint density at radius 2 is 1.53 bits per heavy atom. The molecule has 0 heterocycles. The molecule has 0 unspecified atom stereocenters. The highest BCUT2D eigenvalue weighted by Gasteiger charge is 2.31. The minimum Gasteiger partial charge on any atom is -0.478 e. The molecule has 0 rings (SSSR count). The van der Waals surface area contributed by atoms with Crippen molar-refractivity contribution in [1.82, 2.24) is 0 Å². The van der Waals surface area contributed by atoms with E-state index in [9.17, 15) is 4.79 Å². The zero-order valence-corrected chi connectivity index (χ0v) is 11.0. The molecule has 0 bridgehead atoms. The lowest BCUT2D eigenvalue weighted by atomic mass is 10.2. The second kappa shape index (κ2) is 8.22. The summed E-state index contributed by atoms with van der Waals surface area (Å²) in [7, 11) is 0. The molecule has 0 aliphatic carbocycles. The fourth-order valence-corrected chi connectivity index (χ4v) is 1.33. The monoisotopic (exact) mass is 246 g/mol. The van der Waals surface area contributed by atoms with Gasteiger partial charge in [0.2, 0.25) is 0 Å². The van der Waals surface area contributed by atoms with Gasteiger partial charge < -0.3 is 19.3 Å². The zero-order valence-electron chi connectivity index (χ0n) is 11.0. The molecule has 0 amide bonds. The maximum absolute atomic E-state index is 10.7. The molecule has 0 aromatic rings. The molecule has 0 fully saturated rings. The number of carboxylic acid groups (broad SMARTS) is 1. The number of aliphatic carboxylic acids is 1. The first kappa shape index (κ1) is 16.1. The Morgan fingerprint density at radius 1 is 1.12 bits per heavy atom. The van der Waals surface area contributed by atoms with E-state index in [1.165, 1.54) is 6.92 Å². The van der Waals surface area contributed by atoms with Gasteiger partial charge in [0.1, 0.15) is 0 Å². The molecule has 5 heteroatoms. The van der Waals surface area contributed by atoms with Crippen LogP contribution in [-0.4, -0.2) is 36.9 Å². The minimum atomic E-state index is -1.17. The summed E-state index contributed by atoms with van der Waals surface area (Å²) in [6.07, 6.45) is 1.80. The van der Waals surface area contributed by atoms with Gasteiger partial charge >= 0.3 is 5.97 Å². The molecule has 0 spiro atoms. The molecule has 1 N–H and O–H groups in total. The summed E-state index contributed by atoms with van der Waals surface area (Å²) in [5.74, 6) is -2.13. The summed E-state index contributed by atoms with van der Waals surface area (Å²) in [6.45, 7) is 8.32. The van der Waals surface area contributed by atoms with Crippen LogP contribution in [0.25, 0.3) is 0 Å². The Balaban J connectivity index is 4.76. The number of ether oxygens (including phenoxy) is 3. The second-order valence-electron chi connectivity index (χ2n) is 3.38. The topological polar surface area (TPSA) is 65.0 Å². The average molecular weight is 246 g/mol. The van der Waals surface area contributed by atoms with Crippen molar-refractivity contribution in [2.24, 2.45) is 0 Å². The molecule has 17 heavy (non-hydrogen) atoms. The third-order valence-corrected chi connectivity index (χ3v) is 2.09. The average Bonchev–Trinajstić information content (AvgIpc) is 2.27. The lowest BCUT2D eigenvalue weighted by Crippen LogP contribution is -2.39. The predicted octanol–water partition coefficient (Wildman–Crippen LogP) is 2.17. The fraction of sp³-hybridized carbons (Fsp3) is 0.750. The molecule has 0 aliphatic rings. The summed E-state index contributed by atoms with van der Waals surface area (Å²) >= 11 is 0. The maximum Gasteiger partial charge on any atom is 0.330 e. The highest BCUT2D eigenvalue weighted by Crippen LogP contribution is 2.21. The van der Waals surface area contributed by atoms with Crippen molar-refractivity contribution >= 4 is 5.97 Å². The van der Waals surface area contributed by atoms with E-state index in [1.807, 2.05) is 20.8 Å². The molecular formula is C12H22O5. The Morgan fingerprint density at radius 3 is 1.82 bits per heavy atom. The van der Waals surface area contributed by atoms with Crippen LogP contribution in [0.4, 0.5) is 0 Å². The van der Waals surface area contributed by atoms with Crippen molar-refractivity contribution in [3.63, 3.8) is 0 Å². The Labute approximate surface area is 102 Å². The first-order valence-electron chi connectivity index (χ1n) is 5.83. The van der Waals surface area contributed by atoms with Crippen LogP contribution in [0.3, 0.4) is 0 Å². The van der Waals surface area contributed by atoms with Crippen LogP contribution in [-0.2, 0) is 19.0 Å². The Bertz CT molecular complexity index is 243. The number of hydrogen-bond acceptors (Lipinski definition) is 4. The van der Waals surface area contributed by atoms with E-state index in [0.29, 0.717) is 19.8 Å². The molecule has 0 saturated heterocycles. The van der Waals surface area contributed by atoms with Gasteiger partial charge in [-0.15, -0.1) is 0 Å². The molecule has 0 aromatic heterocycles. The second-order valence-corrected chi connectivity index (χ2v) is 3.38. The van der Waals surface area contributed by atoms with Gasteiger partial charge in [-0.05, 0) is 27.7 Å². The van der Waals surface area contributed by atoms with Crippen LogP contribution < -0.4 is 0 Å². The Hall–Kier alpha value is -0.910. The summed E-state index contributed by atoms with van der Waals surface area (Å²) in [5.41, 5.74) is 0.244. The Kier molecular flexibility index (Phi) is 7.78. The standard InChI is InChI=1S/C12H22O5/c1-5-15-12(16-6-2,17-7-3)9-8-10(4)11(13)14/h8H,5-7,9H2,1-4H3,(H,13,14). The highest BCUT2D eigenvalue weighted by atomic mass is 16.9. The number of carbonyl (C=O) groups is 1. The van der Waals surface area contributed by atoms with Crippen LogP contribution in [0.15, 0.2) is 11.6 Å². The third kappa shape index (κ3) is 5.81. The summed E-state index contributed by atoms with van der Waals surface area (Å²) in [5, 5.41) is 8.78.